The largest absolute Gasteiger partial charge is 0.497 e. The summed E-state index contributed by atoms with van der Waals surface area (Å²) >= 11 is 0. The number of rotatable bonds is 5. The van der Waals surface area contributed by atoms with Gasteiger partial charge in [0.05, 0.1) is 7.11 Å². The number of ether oxygens (including phenoxy) is 1. The molecule has 7 nitrogen and oxygen atoms in total. The Kier molecular flexibility index (Phi) is 5.60. The molecule has 1 spiro atoms. The summed E-state index contributed by atoms with van der Waals surface area (Å²) in [7, 11) is 5.02. The van der Waals surface area contributed by atoms with Crippen molar-refractivity contribution in [2.24, 2.45) is 0 Å². The number of carbonyl (C=O) groups is 3. The first-order valence-corrected chi connectivity index (χ1v) is 10.8. The second-order valence-corrected chi connectivity index (χ2v) is 8.62. The predicted octanol–water partition coefficient (Wildman–Crippen LogP) is 3.40. The maximum Gasteiger partial charge on any atom is 0.327 e. The molecule has 1 saturated heterocycles. The van der Waals surface area contributed by atoms with Crippen molar-refractivity contribution in [1.82, 2.24) is 14.7 Å². The lowest BCUT2D eigenvalue weighted by Gasteiger charge is -2.35. The van der Waals surface area contributed by atoms with Crippen LogP contribution >= 0.6 is 0 Å². The zero-order valence-corrected chi connectivity index (χ0v) is 18.4. The average molecular weight is 424 g/mol. The third-order valence-corrected chi connectivity index (χ3v) is 6.73. The molecule has 1 heterocycles. The zero-order valence-electron chi connectivity index (χ0n) is 18.4. The van der Waals surface area contributed by atoms with Crippen molar-refractivity contribution >= 4 is 28.6 Å². The summed E-state index contributed by atoms with van der Waals surface area (Å²) in [5.74, 6) is 0.326. The number of carbonyl (C=O) groups excluding carboxylic acids is 3. The second kappa shape index (κ2) is 8.21. The number of methoxy groups -OCH3 is 1. The summed E-state index contributed by atoms with van der Waals surface area (Å²) in [5.41, 5.74) is 0.224. The van der Waals surface area contributed by atoms with E-state index in [9.17, 15) is 14.4 Å². The summed E-state index contributed by atoms with van der Waals surface area (Å²) in [5, 5.41) is 2.12. The molecule has 0 aromatic heterocycles. The average Bonchev–Trinajstić information content (AvgIpc) is 2.95. The van der Waals surface area contributed by atoms with Crippen LogP contribution in [0, 0.1) is 0 Å². The number of hydrogen-bond acceptors (Lipinski definition) is 4. The maximum atomic E-state index is 13.1. The van der Waals surface area contributed by atoms with E-state index in [1.54, 1.807) is 31.0 Å². The lowest BCUT2D eigenvalue weighted by atomic mass is 9.81. The minimum absolute atomic E-state index is 0.217. The van der Waals surface area contributed by atoms with Gasteiger partial charge in [0, 0.05) is 20.6 Å². The lowest BCUT2D eigenvalue weighted by Crippen LogP contribution is -2.49. The molecule has 2 fully saturated rings. The highest BCUT2D eigenvalue weighted by atomic mass is 16.5. The number of urea groups is 1. The normalized spacial score (nSPS) is 18.2. The van der Waals surface area contributed by atoms with Gasteiger partial charge in [-0.15, -0.1) is 0 Å². The van der Waals surface area contributed by atoms with Gasteiger partial charge in [0.1, 0.15) is 17.8 Å². The van der Waals surface area contributed by atoms with E-state index in [0.29, 0.717) is 19.4 Å². The minimum atomic E-state index is -0.756. The molecule has 4 rings (SSSR count). The quantitative estimate of drug-likeness (QED) is 0.691. The van der Waals surface area contributed by atoms with Crippen LogP contribution in [0.5, 0.6) is 5.75 Å². The summed E-state index contributed by atoms with van der Waals surface area (Å²) < 4.78 is 5.26. The Morgan fingerprint density at radius 2 is 1.74 bits per heavy atom. The fourth-order valence-corrected chi connectivity index (χ4v) is 4.79. The topological polar surface area (TPSA) is 70.2 Å². The molecule has 31 heavy (non-hydrogen) atoms. The molecule has 2 aliphatic rings. The molecular formula is C24H29N3O4. The number of amides is 4. The highest BCUT2D eigenvalue weighted by Gasteiger charge is 2.55. The Morgan fingerprint density at radius 1 is 1.06 bits per heavy atom. The first-order chi connectivity index (χ1) is 14.9. The first-order valence-electron chi connectivity index (χ1n) is 10.8. The van der Waals surface area contributed by atoms with Gasteiger partial charge in [0.25, 0.3) is 5.91 Å². The first kappa shape index (κ1) is 21.2. The molecule has 2 aromatic carbocycles. The van der Waals surface area contributed by atoms with E-state index in [4.69, 9.17) is 4.74 Å². The third kappa shape index (κ3) is 3.73. The van der Waals surface area contributed by atoms with Crippen molar-refractivity contribution in [2.45, 2.75) is 44.2 Å². The standard InChI is InChI=1S/C24H29N3O4/c1-25(15-17-7-8-19-14-20(31-3)10-9-18(19)13-17)21(28)16-27-22(29)24(26(2)23(27)30)11-5-4-6-12-24/h7-10,13-14H,4-6,11-12,15-16H2,1-3H3. The molecule has 1 saturated carbocycles. The molecule has 0 atom stereocenters. The second-order valence-electron chi connectivity index (χ2n) is 8.62. The van der Waals surface area contributed by atoms with Crippen LogP contribution in [0.1, 0.15) is 37.7 Å². The van der Waals surface area contributed by atoms with Crippen LogP contribution < -0.4 is 4.74 Å². The van der Waals surface area contributed by atoms with Crippen molar-refractivity contribution in [3.8, 4) is 5.75 Å². The Balaban J connectivity index is 1.44. The van der Waals surface area contributed by atoms with Gasteiger partial charge in [-0.3, -0.25) is 14.5 Å². The van der Waals surface area contributed by atoms with E-state index in [1.807, 2.05) is 36.4 Å². The monoisotopic (exact) mass is 423 g/mol. The molecular weight excluding hydrogens is 394 g/mol. The van der Waals surface area contributed by atoms with E-state index in [-0.39, 0.29) is 24.4 Å². The third-order valence-electron chi connectivity index (χ3n) is 6.73. The molecule has 1 aliphatic carbocycles. The molecule has 0 unspecified atom stereocenters. The lowest BCUT2D eigenvalue weighted by molar-refractivity contribution is -0.140. The van der Waals surface area contributed by atoms with E-state index in [0.717, 1.165) is 46.2 Å². The fraction of sp³-hybridized carbons (Fsp3) is 0.458. The van der Waals surface area contributed by atoms with Gasteiger partial charge in [0.2, 0.25) is 5.91 Å². The fourth-order valence-electron chi connectivity index (χ4n) is 4.79. The van der Waals surface area contributed by atoms with Crippen molar-refractivity contribution in [1.29, 1.82) is 0 Å². The number of likely N-dealkylation sites (N-methyl/N-ethyl adjacent to an activating group) is 2. The number of nitrogens with zero attached hydrogens (tertiary/aromatic N) is 3. The molecule has 4 amide bonds. The van der Waals surface area contributed by atoms with Crippen molar-refractivity contribution in [2.75, 3.05) is 27.7 Å². The Labute approximate surface area is 182 Å². The Hall–Kier alpha value is -3.09. The number of imide groups is 1. The van der Waals surface area contributed by atoms with Crippen LogP contribution in [-0.2, 0) is 16.1 Å². The van der Waals surface area contributed by atoms with Gasteiger partial charge in [-0.25, -0.2) is 4.79 Å². The van der Waals surface area contributed by atoms with Crippen LogP contribution in [0.3, 0.4) is 0 Å². The van der Waals surface area contributed by atoms with E-state index >= 15 is 0 Å². The molecule has 1 aliphatic heterocycles. The number of hydrogen-bond donors (Lipinski definition) is 0. The highest BCUT2D eigenvalue weighted by molar-refractivity contribution is 6.08. The summed E-state index contributed by atoms with van der Waals surface area (Å²) in [4.78, 5) is 43.0. The molecule has 7 heteroatoms. The SMILES string of the molecule is COc1ccc2cc(CN(C)C(=O)CN3C(=O)N(C)C4(CCCCC4)C3=O)ccc2c1. The Morgan fingerprint density at radius 3 is 2.45 bits per heavy atom. The predicted molar refractivity (Wildman–Crippen MR) is 118 cm³/mol. The van der Waals surface area contributed by atoms with Crippen molar-refractivity contribution in [3.05, 3.63) is 42.0 Å². The smallest absolute Gasteiger partial charge is 0.327 e. The van der Waals surface area contributed by atoms with E-state index in [1.165, 1.54) is 0 Å². The van der Waals surface area contributed by atoms with Crippen LogP contribution in [0.4, 0.5) is 4.79 Å². The highest BCUT2D eigenvalue weighted by Crippen LogP contribution is 2.39. The van der Waals surface area contributed by atoms with Crippen molar-refractivity contribution in [3.63, 3.8) is 0 Å². The summed E-state index contributed by atoms with van der Waals surface area (Å²) in [6, 6.07) is 11.5. The van der Waals surface area contributed by atoms with Crippen LogP contribution in [0.25, 0.3) is 10.8 Å². The van der Waals surface area contributed by atoms with Crippen LogP contribution in [-0.4, -0.2) is 65.8 Å². The van der Waals surface area contributed by atoms with Crippen LogP contribution in [0.15, 0.2) is 36.4 Å². The van der Waals surface area contributed by atoms with Gasteiger partial charge >= 0.3 is 6.03 Å². The van der Waals surface area contributed by atoms with Crippen molar-refractivity contribution < 1.29 is 19.1 Å². The number of fused-ring (bicyclic) bond motifs is 1. The van der Waals surface area contributed by atoms with Gasteiger partial charge in [-0.05, 0) is 47.4 Å². The molecule has 0 radical (unpaired) electrons. The van der Waals surface area contributed by atoms with Gasteiger partial charge < -0.3 is 14.5 Å². The number of benzene rings is 2. The van der Waals surface area contributed by atoms with Gasteiger partial charge in [-0.1, -0.05) is 37.5 Å². The summed E-state index contributed by atoms with van der Waals surface area (Å²) in [6.45, 7) is 0.184. The van der Waals surface area contributed by atoms with E-state index in [2.05, 4.69) is 0 Å². The van der Waals surface area contributed by atoms with Gasteiger partial charge in [0.15, 0.2) is 0 Å². The summed E-state index contributed by atoms with van der Waals surface area (Å²) in [6.07, 6.45) is 4.29. The van der Waals surface area contributed by atoms with E-state index < -0.39 is 5.54 Å². The zero-order chi connectivity index (χ0) is 22.2. The maximum absolute atomic E-state index is 13.1. The molecule has 0 bridgehead atoms. The molecule has 0 N–H and O–H groups in total. The molecule has 164 valence electrons. The van der Waals surface area contributed by atoms with Crippen LogP contribution in [0.2, 0.25) is 0 Å². The van der Waals surface area contributed by atoms with Gasteiger partial charge in [-0.2, -0.15) is 0 Å². The molecule has 2 aromatic rings. The Bertz CT molecular complexity index is 1030. The minimum Gasteiger partial charge on any atom is -0.497 e.